The van der Waals surface area contributed by atoms with E-state index in [9.17, 15) is 4.79 Å². The fourth-order valence-electron chi connectivity index (χ4n) is 2.64. The molecule has 140 valence electrons. The number of nitrogens with one attached hydrogen (secondary N) is 2. The number of ether oxygens (including phenoxy) is 2. The SMILES string of the molecule is CCOc1ccc([C@H](C)NC(=O)N[C@@H](C)c2ccc(OCC)cc2)cc1. The molecule has 0 heterocycles. The predicted molar refractivity (Wildman–Crippen MR) is 104 cm³/mol. The summed E-state index contributed by atoms with van der Waals surface area (Å²) in [6.07, 6.45) is 0. The molecule has 26 heavy (non-hydrogen) atoms. The molecular weight excluding hydrogens is 328 g/mol. The molecule has 0 saturated heterocycles. The van der Waals surface area contributed by atoms with E-state index in [1.54, 1.807) is 0 Å². The molecular formula is C21H28N2O3. The van der Waals surface area contributed by atoms with Crippen molar-refractivity contribution in [2.24, 2.45) is 0 Å². The van der Waals surface area contributed by atoms with Crippen molar-refractivity contribution in [3.63, 3.8) is 0 Å². The molecule has 0 aliphatic rings. The third-order valence-electron chi connectivity index (χ3n) is 4.08. The standard InChI is InChI=1S/C21H28N2O3/c1-5-25-19-11-7-17(8-12-19)15(3)22-21(24)23-16(4)18-9-13-20(14-10-18)26-6-2/h7-16H,5-6H2,1-4H3,(H2,22,23,24)/t15-,16-/m0/s1. The van der Waals surface area contributed by atoms with Crippen molar-refractivity contribution in [3.05, 3.63) is 59.7 Å². The van der Waals surface area contributed by atoms with Crippen molar-refractivity contribution in [1.82, 2.24) is 10.6 Å². The van der Waals surface area contributed by atoms with Gasteiger partial charge >= 0.3 is 6.03 Å². The molecule has 2 rings (SSSR count). The van der Waals surface area contributed by atoms with Gasteiger partial charge in [-0.1, -0.05) is 24.3 Å². The lowest BCUT2D eigenvalue weighted by Crippen LogP contribution is -2.38. The van der Waals surface area contributed by atoms with Crippen molar-refractivity contribution in [2.75, 3.05) is 13.2 Å². The van der Waals surface area contributed by atoms with Crippen LogP contribution >= 0.6 is 0 Å². The second kappa shape index (κ2) is 9.70. The molecule has 0 aliphatic carbocycles. The summed E-state index contributed by atoms with van der Waals surface area (Å²) in [7, 11) is 0. The maximum Gasteiger partial charge on any atom is 0.315 e. The van der Waals surface area contributed by atoms with Gasteiger partial charge in [-0.2, -0.15) is 0 Å². The fraction of sp³-hybridized carbons (Fsp3) is 0.381. The smallest absolute Gasteiger partial charge is 0.315 e. The number of hydrogen-bond acceptors (Lipinski definition) is 3. The summed E-state index contributed by atoms with van der Waals surface area (Å²) in [6.45, 7) is 9.09. The van der Waals surface area contributed by atoms with E-state index in [4.69, 9.17) is 9.47 Å². The van der Waals surface area contributed by atoms with E-state index >= 15 is 0 Å². The topological polar surface area (TPSA) is 59.6 Å². The van der Waals surface area contributed by atoms with Gasteiger partial charge < -0.3 is 20.1 Å². The van der Waals surface area contributed by atoms with E-state index in [0.29, 0.717) is 13.2 Å². The average molecular weight is 356 g/mol. The highest BCUT2D eigenvalue weighted by Crippen LogP contribution is 2.19. The number of rotatable bonds is 8. The van der Waals surface area contributed by atoms with Gasteiger partial charge in [0.25, 0.3) is 0 Å². The highest BCUT2D eigenvalue weighted by molar-refractivity contribution is 5.75. The van der Waals surface area contributed by atoms with Gasteiger partial charge in [0.1, 0.15) is 11.5 Å². The van der Waals surface area contributed by atoms with Crippen molar-refractivity contribution in [3.8, 4) is 11.5 Å². The molecule has 0 unspecified atom stereocenters. The summed E-state index contributed by atoms with van der Waals surface area (Å²) in [5.41, 5.74) is 2.05. The van der Waals surface area contributed by atoms with Crippen LogP contribution in [-0.2, 0) is 0 Å². The number of carbonyl (C=O) groups excluding carboxylic acids is 1. The van der Waals surface area contributed by atoms with Gasteiger partial charge in [0, 0.05) is 0 Å². The highest BCUT2D eigenvalue weighted by atomic mass is 16.5. The third kappa shape index (κ3) is 5.69. The Bertz CT molecular complexity index is 624. The Kier molecular flexibility index (Phi) is 7.33. The molecule has 2 N–H and O–H groups in total. The van der Waals surface area contributed by atoms with Gasteiger partial charge in [-0.15, -0.1) is 0 Å². The Balaban J connectivity index is 1.88. The van der Waals surface area contributed by atoms with Crippen LogP contribution in [0.3, 0.4) is 0 Å². The van der Waals surface area contributed by atoms with Crippen LogP contribution < -0.4 is 20.1 Å². The van der Waals surface area contributed by atoms with Crippen LogP contribution in [0.2, 0.25) is 0 Å². The first-order chi connectivity index (χ1) is 12.5. The second-order valence-corrected chi connectivity index (χ2v) is 6.07. The largest absolute Gasteiger partial charge is 0.494 e. The van der Waals surface area contributed by atoms with Gasteiger partial charge in [0.15, 0.2) is 0 Å². The molecule has 0 aliphatic heterocycles. The zero-order valence-corrected chi connectivity index (χ0v) is 15.9. The monoisotopic (exact) mass is 356 g/mol. The molecule has 0 spiro atoms. The Morgan fingerprint density at radius 1 is 0.769 bits per heavy atom. The zero-order valence-electron chi connectivity index (χ0n) is 15.9. The first kappa shape index (κ1) is 19.6. The van der Waals surface area contributed by atoms with Gasteiger partial charge in [-0.3, -0.25) is 0 Å². The Labute approximate surface area is 155 Å². The summed E-state index contributed by atoms with van der Waals surface area (Å²) < 4.78 is 10.9. The molecule has 2 aromatic carbocycles. The quantitative estimate of drug-likeness (QED) is 0.726. The summed E-state index contributed by atoms with van der Waals surface area (Å²) in [5.74, 6) is 1.66. The minimum Gasteiger partial charge on any atom is -0.494 e. The number of hydrogen-bond donors (Lipinski definition) is 2. The van der Waals surface area contributed by atoms with E-state index < -0.39 is 0 Å². The summed E-state index contributed by atoms with van der Waals surface area (Å²) >= 11 is 0. The predicted octanol–water partition coefficient (Wildman–Crippen LogP) is 4.61. The molecule has 0 radical (unpaired) electrons. The van der Waals surface area contributed by atoms with Gasteiger partial charge in [-0.05, 0) is 63.1 Å². The lowest BCUT2D eigenvalue weighted by atomic mass is 10.1. The van der Waals surface area contributed by atoms with Crippen molar-refractivity contribution in [1.29, 1.82) is 0 Å². The first-order valence-corrected chi connectivity index (χ1v) is 9.06. The molecule has 0 aromatic heterocycles. The Hall–Kier alpha value is -2.69. The molecule has 0 fully saturated rings. The van der Waals surface area contributed by atoms with Crippen LogP contribution in [0, 0.1) is 0 Å². The van der Waals surface area contributed by atoms with Gasteiger partial charge in [0.2, 0.25) is 0 Å². The molecule has 5 heteroatoms. The molecule has 0 saturated carbocycles. The lowest BCUT2D eigenvalue weighted by Gasteiger charge is -2.19. The van der Waals surface area contributed by atoms with Crippen molar-refractivity contribution in [2.45, 2.75) is 39.8 Å². The van der Waals surface area contributed by atoms with E-state index in [1.165, 1.54) is 0 Å². The Morgan fingerprint density at radius 3 is 1.42 bits per heavy atom. The minimum atomic E-state index is -0.201. The Morgan fingerprint density at radius 2 is 1.12 bits per heavy atom. The number of carbonyl (C=O) groups is 1. The minimum absolute atomic E-state index is 0.0989. The van der Waals surface area contributed by atoms with Crippen LogP contribution in [0.1, 0.15) is 50.9 Å². The van der Waals surface area contributed by atoms with Crippen LogP contribution in [0.5, 0.6) is 11.5 Å². The first-order valence-electron chi connectivity index (χ1n) is 9.06. The number of urea groups is 1. The molecule has 2 amide bonds. The molecule has 0 bridgehead atoms. The van der Waals surface area contributed by atoms with Crippen molar-refractivity contribution < 1.29 is 14.3 Å². The van der Waals surface area contributed by atoms with Crippen LogP contribution in [0.4, 0.5) is 4.79 Å². The van der Waals surface area contributed by atoms with Crippen LogP contribution in [0.15, 0.2) is 48.5 Å². The van der Waals surface area contributed by atoms with E-state index in [-0.39, 0.29) is 18.1 Å². The normalized spacial score (nSPS) is 12.8. The molecule has 2 atom stereocenters. The maximum atomic E-state index is 12.3. The third-order valence-corrected chi connectivity index (χ3v) is 4.08. The average Bonchev–Trinajstić information content (AvgIpc) is 2.63. The van der Waals surface area contributed by atoms with Crippen LogP contribution in [0.25, 0.3) is 0 Å². The van der Waals surface area contributed by atoms with E-state index in [0.717, 1.165) is 22.6 Å². The molecule has 2 aromatic rings. The second-order valence-electron chi connectivity index (χ2n) is 6.07. The highest BCUT2D eigenvalue weighted by Gasteiger charge is 2.13. The van der Waals surface area contributed by atoms with Gasteiger partial charge in [0.05, 0.1) is 25.3 Å². The summed E-state index contributed by atoms with van der Waals surface area (Å²) in [5, 5.41) is 5.93. The summed E-state index contributed by atoms with van der Waals surface area (Å²) in [6, 6.07) is 15.1. The van der Waals surface area contributed by atoms with Crippen molar-refractivity contribution >= 4 is 6.03 Å². The maximum absolute atomic E-state index is 12.3. The van der Waals surface area contributed by atoms with E-state index in [1.807, 2.05) is 76.2 Å². The number of benzene rings is 2. The fourth-order valence-corrected chi connectivity index (χ4v) is 2.64. The zero-order chi connectivity index (χ0) is 18.9. The van der Waals surface area contributed by atoms with Crippen LogP contribution in [-0.4, -0.2) is 19.2 Å². The summed E-state index contributed by atoms with van der Waals surface area (Å²) in [4.78, 5) is 12.3. The number of amides is 2. The van der Waals surface area contributed by atoms with Gasteiger partial charge in [-0.25, -0.2) is 4.79 Å². The lowest BCUT2D eigenvalue weighted by molar-refractivity contribution is 0.235. The molecule has 5 nitrogen and oxygen atoms in total. The van der Waals surface area contributed by atoms with E-state index in [2.05, 4.69) is 10.6 Å².